The summed E-state index contributed by atoms with van der Waals surface area (Å²) in [6.45, 7) is 0.811. The highest BCUT2D eigenvalue weighted by Gasteiger charge is 2.07. The molecule has 0 saturated heterocycles. The Morgan fingerprint density at radius 1 is 1.05 bits per heavy atom. The van der Waals surface area contributed by atoms with Crippen molar-refractivity contribution in [3.05, 3.63) is 64.1 Å². The maximum atomic E-state index is 11.9. The molecule has 1 N–H and O–H groups in total. The zero-order chi connectivity index (χ0) is 14.4. The fourth-order valence-electron chi connectivity index (χ4n) is 1.59. The Balaban J connectivity index is 1.79. The molecule has 3 nitrogen and oxygen atoms in total. The number of ether oxygens (including phenoxy) is 1. The van der Waals surface area contributed by atoms with Crippen LogP contribution >= 0.6 is 23.2 Å². The molecule has 0 aliphatic heterocycles. The van der Waals surface area contributed by atoms with E-state index in [1.807, 2.05) is 30.3 Å². The van der Waals surface area contributed by atoms with E-state index in [-0.39, 0.29) is 5.91 Å². The summed E-state index contributed by atoms with van der Waals surface area (Å²) < 4.78 is 5.47. The van der Waals surface area contributed by atoms with E-state index in [4.69, 9.17) is 27.9 Å². The Morgan fingerprint density at radius 2 is 1.80 bits per heavy atom. The van der Waals surface area contributed by atoms with Gasteiger partial charge in [0.2, 0.25) is 0 Å². The summed E-state index contributed by atoms with van der Waals surface area (Å²) in [7, 11) is 0. The SMILES string of the molecule is O=C(NCCOc1ccccc1)c1ccc(Cl)c(Cl)c1. The average Bonchev–Trinajstić information content (AvgIpc) is 2.47. The van der Waals surface area contributed by atoms with E-state index < -0.39 is 0 Å². The van der Waals surface area contributed by atoms with Crippen LogP contribution in [0.5, 0.6) is 5.75 Å². The lowest BCUT2D eigenvalue weighted by molar-refractivity contribution is 0.0947. The number of halogens is 2. The third kappa shape index (κ3) is 4.15. The van der Waals surface area contributed by atoms with Crippen molar-refractivity contribution in [2.45, 2.75) is 0 Å². The van der Waals surface area contributed by atoms with Gasteiger partial charge in [0.15, 0.2) is 0 Å². The quantitative estimate of drug-likeness (QED) is 0.853. The van der Waals surface area contributed by atoms with E-state index in [1.165, 1.54) is 6.07 Å². The van der Waals surface area contributed by atoms with Crippen LogP contribution in [0.3, 0.4) is 0 Å². The van der Waals surface area contributed by atoms with Crippen LogP contribution in [0.2, 0.25) is 10.0 Å². The summed E-state index contributed by atoms with van der Waals surface area (Å²) in [5.41, 5.74) is 0.471. The minimum absolute atomic E-state index is 0.208. The van der Waals surface area contributed by atoms with Crippen LogP contribution in [0.1, 0.15) is 10.4 Å². The maximum absolute atomic E-state index is 11.9. The van der Waals surface area contributed by atoms with E-state index in [9.17, 15) is 4.79 Å². The smallest absolute Gasteiger partial charge is 0.251 e. The van der Waals surface area contributed by atoms with E-state index in [2.05, 4.69) is 5.32 Å². The number of amides is 1. The number of carbonyl (C=O) groups excluding carboxylic acids is 1. The number of hydrogen-bond donors (Lipinski definition) is 1. The van der Waals surface area contributed by atoms with Gasteiger partial charge < -0.3 is 10.1 Å². The molecule has 0 atom stereocenters. The van der Waals surface area contributed by atoms with Gasteiger partial charge in [-0.15, -0.1) is 0 Å². The molecule has 0 unspecified atom stereocenters. The molecule has 0 aliphatic carbocycles. The molecule has 0 spiro atoms. The van der Waals surface area contributed by atoms with Crippen molar-refractivity contribution in [2.75, 3.05) is 13.2 Å². The molecule has 0 aromatic heterocycles. The molecule has 0 fully saturated rings. The molecule has 1 amide bonds. The molecule has 2 rings (SSSR count). The fraction of sp³-hybridized carbons (Fsp3) is 0.133. The van der Waals surface area contributed by atoms with Gasteiger partial charge in [0.05, 0.1) is 16.6 Å². The van der Waals surface area contributed by atoms with Crippen molar-refractivity contribution in [1.82, 2.24) is 5.32 Å². The summed E-state index contributed by atoms with van der Waals surface area (Å²) in [4.78, 5) is 11.9. The lowest BCUT2D eigenvalue weighted by Gasteiger charge is -2.08. The Bertz CT molecular complexity index is 588. The second-order valence-electron chi connectivity index (χ2n) is 4.05. The highest BCUT2D eigenvalue weighted by Crippen LogP contribution is 2.22. The highest BCUT2D eigenvalue weighted by atomic mass is 35.5. The minimum atomic E-state index is -0.208. The first-order chi connectivity index (χ1) is 9.66. The van der Waals surface area contributed by atoms with E-state index >= 15 is 0 Å². The minimum Gasteiger partial charge on any atom is -0.492 e. The molecular weight excluding hydrogens is 297 g/mol. The van der Waals surface area contributed by atoms with E-state index in [0.29, 0.717) is 28.8 Å². The largest absolute Gasteiger partial charge is 0.492 e. The summed E-state index contributed by atoms with van der Waals surface area (Å²) in [6.07, 6.45) is 0. The summed E-state index contributed by atoms with van der Waals surface area (Å²) in [6, 6.07) is 14.2. The molecular formula is C15H13Cl2NO2. The van der Waals surface area contributed by atoms with Gasteiger partial charge in [-0.3, -0.25) is 4.79 Å². The predicted molar refractivity (Wildman–Crippen MR) is 80.7 cm³/mol. The van der Waals surface area contributed by atoms with Crippen molar-refractivity contribution in [3.8, 4) is 5.75 Å². The van der Waals surface area contributed by atoms with Gasteiger partial charge >= 0.3 is 0 Å². The summed E-state index contributed by atoms with van der Waals surface area (Å²) in [5, 5.41) is 3.54. The van der Waals surface area contributed by atoms with Gasteiger partial charge in [0.25, 0.3) is 5.91 Å². The Hall–Kier alpha value is -1.71. The van der Waals surface area contributed by atoms with Crippen molar-refractivity contribution in [1.29, 1.82) is 0 Å². The third-order valence-corrected chi connectivity index (χ3v) is 3.32. The normalized spacial score (nSPS) is 10.1. The van der Waals surface area contributed by atoms with E-state index in [1.54, 1.807) is 12.1 Å². The second-order valence-corrected chi connectivity index (χ2v) is 4.86. The number of hydrogen-bond acceptors (Lipinski definition) is 2. The number of carbonyl (C=O) groups is 1. The number of para-hydroxylation sites is 1. The van der Waals surface area contributed by atoms with Crippen molar-refractivity contribution >= 4 is 29.1 Å². The molecule has 5 heteroatoms. The first kappa shape index (κ1) is 14.7. The van der Waals surface area contributed by atoms with Gasteiger partial charge in [-0.05, 0) is 30.3 Å². The molecule has 20 heavy (non-hydrogen) atoms. The van der Waals surface area contributed by atoms with Gasteiger partial charge in [0.1, 0.15) is 12.4 Å². The zero-order valence-corrected chi connectivity index (χ0v) is 12.1. The van der Waals surface area contributed by atoms with Crippen LogP contribution in [-0.2, 0) is 0 Å². The first-order valence-corrected chi connectivity index (χ1v) is 6.83. The number of benzene rings is 2. The summed E-state index contributed by atoms with van der Waals surface area (Å²) >= 11 is 11.7. The molecule has 2 aromatic carbocycles. The van der Waals surface area contributed by atoms with Crippen LogP contribution < -0.4 is 10.1 Å². The summed E-state index contributed by atoms with van der Waals surface area (Å²) in [5.74, 6) is 0.566. The Labute approximate surface area is 127 Å². The third-order valence-electron chi connectivity index (χ3n) is 2.58. The highest BCUT2D eigenvalue weighted by molar-refractivity contribution is 6.42. The standard InChI is InChI=1S/C15H13Cl2NO2/c16-13-7-6-11(10-14(13)17)15(19)18-8-9-20-12-4-2-1-3-5-12/h1-7,10H,8-9H2,(H,18,19). The van der Waals surface area contributed by atoms with Crippen LogP contribution in [0.25, 0.3) is 0 Å². The molecule has 0 saturated carbocycles. The molecule has 2 aromatic rings. The Morgan fingerprint density at radius 3 is 2.50 bits per heavy atom. The lowest BCUT2D eigenvalue weighted by atomic mass is 10.2. The van der Waals surface area contributed by atoms with Crippen molar-refractivity contribution in [3.63, 3.8) is 0 Å². The van der Waals surface area contributed by atoms with Crippen LogP contribution in [0, 0.1) is 0 Å². The first-order valence-electron chi connectivity index (χ1n) is 6.08. The number of rotatable bonds is 5. The zero-order valence-electron chi connectivity index (χ0n) is 10.6. The molecule has 0 radical (unpaired) electrons. The van der Waals surface area contributed by atoms with Crippen LogP contribution in [-0.4, -0.2) is 19.1 Å². The Kier molecular flexibility index (Phi) is 5.27. The lowest BCUT2D eigenvalue weighted by Crippen LogP contribution is -2.28. The van der Waals surface area contributed by atoms with Gasteiger partial charge in [-0.1, -0.05) is 41.4 Å². The second kappa shape index (κ2) is 7.17. The van der Waals surface area contributed by atoms with Crippen molar-refractivity contribution in [2.24, 2.45) is 0 Å². The van der Waals surface area contributed by atoms with Crippen molar-refractivity contribution < 1.29 is 9.53 Å². The van der Waals surface area contributed by atoms with Gasteiger partial charge in [-0.2, -0.15) is 0 Å². The maximum Gasteiger partial charge on any atom is 0.251 e. The molecule has 0 aliphatic rings. The van der Waals surface area contributed by atoms with Crippen LogP contribution in [0.15, 0.2) is 48.5 Å². The van der Waals surface area contributed by atoms with E-state index in [0.717, 1.165) is 5.75 Å². The molecule has 104 valence electrons. The monoisotopic (exact) mass is 309 g/mol. The predicted octanol–water partition coefficient (Wildman–Crippen LogP) is 3.80. The number of nitrogens with one attached hydrogen (secondary N) is 1. The molecule has 0 heterocycles. The average molecular weight is 310 g/mol. The molecule has 0 bridgehead atoms. The van der Waals surface area contributed by atoms with Crippen LogP contribution in [0.4, 0.5) is 0 Å². The van der Waals surface area contributed by atoms with Gasteiger partial charge in [0, 0.05) is 5.56 Å². The fourth-order valence-corrected chi connectivity index (χ4v) is 1.89. The topological polar surface area (TPSA) is 38.3 Å². The van der Waals surface area contributed by atoms with Gasteiger partial charge in [-0.25, -0.2) is 0 Å².